The molecule has 0 saturated carbocycles. The third-order valence-corrected chi connectivity index (χ3v) is 4.55. The second kappa shape index (κ2) is 6.61. The summed E-state index contributed by atoms with van der Waals surface area (Å²) in [5.74, 6) is 0.330. The number of rotatable bonds is 4. The Hall–Kier alpha value is -3.60. The number of nitrogen functional groups attached to an aromatic ring is 1. The Balaban J connectivity index is 1.78. The van der Waals surface area contributed by atoms with Crippen molar-refractivity contribution >= 4 is 28.6 Å². The molecule has 3 aromatic rings. The lowest BCUT2D eigenvalue weighted by atomic mass is 9.82. The summed E-state index contributed by atoms with van der Waals surface area (Å²) in [6.45, 7) is 2.52. The molecule has 3 N–H and O–H groups in total. The number of hydrogen-bond acceptors (Lipinski definition) is 5. The van der Waals surface area contributed by atoms with Crippen LogP contribution in [-0.4, -0.2) is 18.2 Å². The van der Waals surface area contributed by atoms with Gasteiger partial charge in [0.05, 0.1) is 23.4 Å². The maximum atomic E-state index is 13.1. The van der Waals surface area contributed by atoms with Gasteiger partial charge in [0, 0.05) is 22.5 Å². The molecule has 4 rings (SSSR count). The average Bonchev–Trinajstić information content (AvgIpc) is 2.69. The quantitative estimate of drug-likeness (QED) is 0.535. The number of carbonyl (C=O) groups excluding carboxylic acids is 2. The van der Waals surface area contributed by atoms with E-state index < -0.39 is 0 Å². The Labute approximate surface area is 156 Å². The zero-order valence-corrected chi connectivity index (χ0v) is 14.8. The van der Waals surface area contributed by atoms with Gasteiger partial charge in [0.15, 0.2) is 11.6 Å². The molecule has 0 aliphatic heterocycles. The molecule has 0 unspecified atom stereocenters. The van der Waals surface area contributed by atoms with Crippen LogP contribution in [-0.2, 0) is 0 Å². The number of anilines is 3. The molecule has 0 atom stereocenters. The maximum absolute atomic E-state index is 13.1. The largest absolute Gasteiger partial charge is 0.494 e. The van der Waals surface area contributed by atoms with Gasteiger partial charge in [-0.2, -0.15) is 0 Å². The number of hydrogen-bond donors (Lipinski definition) is 2. The summed E-state index contributed by atoms with van der Waals surface area (Å²) >= 11 is 0. The molecule has 3 aromatic carbocycles. The zero-order valence-electron chi connectivity index (χ0n) is 14.8. The SMILES string of the molecule is CCOc1ccc(Nc2ccc(N)c3c2C(=O)c2ccccc2C3=O)cc1. The highest BCUT2D eigenvalue weighted by Crippen LogP contribution is 2.36. The van der Waals surface area contributed by atoms with Crippen LogP contribution in [0.2, 0.25) is 0 Å². The van der Waals surface area contributed by atoms with E-state index in [1.165, 1.54) is 0 Å². The molecule has 0 fully saturated rings. The Morgan fingerprint density at radius 3 is 2.11 bits per heavy atom. The van der Waals surface area contributed by atoms with Gasteiger partial charge in [0.25, 0.3) is 0 Å². The highest BCUT2D eigenvalue weighted by Gasteiger charge is 2.33. The zero-order chi connectivity index (χ0) is 19.0. The molecule has 5 nitrogen and oxygen atoms in total. The lowest BCUT2D eigenvalue weighted by molar-refractivity contribution is 0.0980. The summed E-state index contributed by atoms with van der Waals surface area (Å²) in [4.78, 5) is 26.0. The van der Waals surface area contributed by atoms with E-state index in [2.05, 4.69) is 5.32 Å². The molecule has 1 aliphatic rings. The summed E-state index contributed by atoms with van der Waals surface area (Å²) < 4.78 is 5.44. The van der Waals surface area contributed by atoms with Gasteiger partial charge in [-0.1, -0.05) is 24.3 Å². The van der Waals surface area contributed by atoms with Crippen LogP contribution >= 0.6 is 0 Å². The number of ketones is 2. The van der Waals surface area contributed by atoms with Crippen molar-refractivity contribution in [3.63, 3.8) is 0 Å². The number of benzene rings is 3. The van der Waals surface area contributed by atoms with Gasteiger partial charge in [-0.15, -0.1) is 0 Å². The van der Waals surface area contributed by atoms with E-state index in [9.17, 15) is 9.59 Å². The van der Waals surface area contributed by atoms with Crippen LogP contribution in [0.3, 0.4) is 0 Å². The van der Waals surface area contributed by atoms with Crippen molar-refractivity contribution in [2.75, 3.05) is 17.7 Å². The van der Waals surface area contributed by atoms with E-state index in [1.807, 2.05) is 31.2 Å². The Bertz CT molecular complexity index is 1060. The topological polar surface area (TPSA) is 81.4 Å². The summed E-state index contributed by atoms with van der Waals surface area (Å²) in [5, 5.41) is 3.23. The van der Waals surface area contributed by atoms with E-state index in [1.54, 1.807) is 36.4 Å². The van der Waals surface area contributed by atoms with Crippen LogP contribution in [0.25, 0.3) is 0 Å². The van der Waals surface area contributed by atoms with Crippen molar-refractivity contribution in [1.29, 1.82) is 0 Å². The summed E-state index contributed by atoms with van der Waals surface area (Å²) in [6.07, 6.45) is 0. The molecule has 0 radical (unpaired) electrons. The molecule has 5 heteroatoms. The minimum atomic E-state index is -0.229. The molecule has 1 aliphatic carbocycles. The van der Waals surface area contributed by atoms with Crippen LogP contribution in [0.5, 0.6) is 5.75 Å². The molecule has 0 aromatic heterocycles. The van der Waals surface area contributed by atoms with Crippen LogP contribution in [0.15, 0.2) is 60.7 Å². The van der Waals surface area contributed by atoms with E-state index in [0.717, 1.165) is 11.4 Å². The van der Waals surface area contributed by atoms with Gasteiger partial charge >= 0.3 is 0 Å². The van der Waals surface area contributed by atoms with Crippen molar-refractivity contribution in [2.45, 2.75) is 6.92 Å². The first-order valence-electron chi connectivity index (χ1n) is 8.71. The molecule has 0 spiro atoms. The van der Waals surface area contributed by atoms with Gasteiger partial charge < -0.3 is 15.8 Å². The number of nitrogens with one attached hydrogen (secondary N) is 1. The normalized spacial score (nSPS) is 12.3. The highest BCUT2D eigenvalue weighted by atomic mass is 16.5. The summed E-state index contributed by atoms with van der Waals surface area (Å²) in [6, 6.07) is 17.6. The van der Waals surface area contributed by atoms with Gasteiger partial charge in [-0.05, 0) is 43.3 Å². The fraction of sp³-hybridized carbons (Fsp3) is 0.0909. The second-order valence-electron chi connectivity index (χ2n) is 6.24. The first-order chi connectivity index (χ1) is 13.1. The molecular weight excluding hydrogens is 340 g/mol. The number of ether oxygens (including phenoxy) is 1. The predicted molar refractivity (Wildman–Crippen MR) is 105 cm³/mol. The van der Waals surface area contributed by atoms with E-state index in [4.69, 9.17) is 10.5 Å². The van der Waals surface area contributed by atoms with E-state index in [-0.39, 0.29) is 17.1 Å². The van der Waals surface area contributed by atoms with Crippen molar-refractivity contribution in [3.8, 4) is 5.75 Å². The smallest absolute Gasteiger partial charge is 0.196 e. The third-order valence-electron chi connectivity index (χ3n) is 4.55. The minimum absolute atomic E-state index is 0.207. The van der Waals surface area contributed by atoms with Gasteiger partial charge in [-0.3, -0.25) is 9.59 Å². The number of carbonyl (C=O) groups is 2. The summed E-state index contributed by atoms with van der Waals surface area (Å²) in [5.41, 5.74) is 9.04. The third kappa shape index (κ3) is 2.83. The fourth-order valence-corrected chi connectivity index (χ4v) is 3.31. The Morgan fingerprint density at radius 1 is 0.852 bits per heavy atom. The van der Waals surface area contributed by atoms with Gasteiger partial charge in [-0.25, -0.2) is 0 Å². The van der Waals surface area contributed by atoms with Crippen molar-refractivity contribution in [2.24, 2.45) is 0 Å². The molecule has 0 bridgehead atoms. The number of fused-ring (bicyclic) bond motifs is 2. The Kier molecular flexibility index (Phi) is 4.12. The van der Waals surface area contributed by atoms with E-state index in [0.29, 0.717) is 34.7 Å². The summed E-state index contributed by atoms with van der Waals surface area (Å²) in [7, 11) is 0. The van der Waals surface area contributed by atoms with Gasteiger partial charge in [0.1, 0.15) is 5.75 Å². The van der Waals surface area contributed by atoms with Crippen molar-refractivity contribution < 1.29 is 14.3 Å². The lowest BCUT2D eigenvalue weighted by Gasteiger charge is -2.22. The molecular formula is C22H18N2O3. The maximum Gasteiger partial charge on any atom is 0.196 e. The predicted octanol–water partition coefficient (Wildman–Crippen LogP) is 4.19. The monoisotopic (exact) mass is 358 g/mol. The molecule has 27 heavy (non-hydrogen) atoms. The van der Waals surface area contributed by atoms with Crippen LogP contribution in [0, 0.1) is 0 Å². The Morgan fingerprint density at radius 2 is 1.48 bits per heavy atom. The number of nitrogens with two attached hydrogens (primary N) is 1. The van der Waals surface area contributed by atoms with Crippen LogP contribution < -0.4 is 15.8 Å². The lowest BCUT2D eigenvalue weighted by Crippen LogP contribution is -2.23. The standard InChI is InChI=1S/C22H18N2O3/c1-2-27-14-9-7-13(8-10-14)24-18-12-11-17(23)19-20(18)22(26)16-6-4-3-5-15(16)21(19)25/h3-12,24H,2,23H2,1H3. The average molecular weight is 358 g/mol. The van der Waals surface area contributed by atoms with Crippen molar-refractivity contribution in [1.82, 2.24) is 0 Å². The van der Waals surface area contributed by atoms with Crippen LogP contribution in [0.1, 0.15) is 38.8 Å². The molecule has 0 heterocycles. The van der Waals surface area contributed by atoms with E-state index >= 15 is 0 Å². The van der Waals surface area contributed by atoms with Crippen LogP contribution in [0.4, 0.5) is 17.1 Å². The minimum Gasteiger partial charge on any atom is -0.494 e. The van der Waals surface area contributed by atoms with Crippen molar-refractivity contribution in [3.05, 3.63) is 82.9 Å². The molecule has 0 saturated heterocycles. The molecule has 0 amide bonds. The first kappa shape index (κ1) is 16.8. The fourth-order valence-electron chi connectivity index (χ4n) is 3.31. The van der Waals surface area contributed by atoms with Gasteiger partial charge in [0.2, 0.25) is 0 Å². The molecule has 134 valence electrons. The highest BCUT2D eigenvalue weighted by molar-refractivity contribution is 6.31. The second-order valence-corrected chi connectivity index (χ2v) is 6.24. The first-order valence-corrected chi connectivity index (χ1v) is 8.71.